The van der Waals surface area contributed by atoms with Crippen LogP contribution in [0.1, 0.15) is 45.5 Å². The van der Waals surface area contributed by atoms with E-state index < -0.39 is 70.3 Å². The van der Waals surface area contributed by atoms with E-state index in [2.05, 4.69) is 15.4 Å². The maximum atomic E-state index is 15.9. The second kappa shape index (κ2) is 14.3. The average molecular weight is 656 g/mol. The van der Waals surface area contributed by atoms with Gasteiger partial charge >= 0.3 is 12.4 Å². The lowest BCUT2D eigenvalue weighted by Crippen LogP contribution is -2.49. The van der Waals surface area contributed by atoms with Crippen LogP contribution in [-0.4, -0.2) is 48.6 Å². The van der Waals surface area contributed by atoms with Crippen molar-refractivity contribution >= 4 is 24.0 Å². The minimum absolute atomic E-state index is 0.0729. The summed E-state index contributed by atoms with van der Waals surface area (Å²) in [6.45, 7) is -0.946. The highest BCUT2D eigenvalue weighted by Crippen LogP contribution is 2.45. The summed E-state index contributed by atoms with van der Waals surface area (Å²) in [7, 11) is 0. The van der Waals surface area contributed by atoms with Crippen molar-refractivity contribution in [2.75, 3.05) is 18.0 Å². The van der Waals surface area contributed by atoms with E-state index in [9.17, 15) is 45.8 Å². The van der Waals surface area contributed by atoms with E-state index in [1.807, 2.05) is 0 Å². The van der Waals surface area contributed by atoms with Gasteiger partial charge in [-0.05, 0) is 36.1 Å². The number of hydrogen-bond acceptors (Lipinski definition) is 6. The van der Waals surface area contributed by atoms with Gasteiger partial charge < -0.3 is 25.4 Å². The summed E-state index contributed by atoms with van der Waals surface area (Å²) in [6.07, 6.45) is -11.3. The number of carbonyl (C=O) groups excluding carboxylic acids is 3. The van der Waals surface area contributed by atoms with Gasteiger partial charge in [0.05, 0.1) is 23.3 Å². The Kier molecular flexibility index (Phi) is 10.7. The molecule has 0 bridgehead atoms. The Labute approximate surface area is 258 Å². The molecule has 2 amide bonds. The van der Waals surface area contributed by atoms with E-state index in [1.54, 1.807) is 30.3 Å². The quantitative estimate of drug-likeness (QED) is 0.187. The monoisotopic (exact) mass is 655 g/mol. The van der Waals surface area contributed by atoms with Crippen molar-refractivity contribution in [3.05, 3.63) is 94.3 Å². The largest absolute Gasteiger partial charge is 0.426 e. The van der Waals surface area contributed by atoms with E-state index >= 15 is 4.39 Å². The van der Waals surface area contributed by atoms with Crippen molar-refractivity contribution in [2.24, 2.45) is 0 Å². The van der Waals surface area contributed by atoms with E-state index in [1.165, 1.54) is 12.1 Å². The molecular formula is C31H28F7N3O5. The normalized spacial score (nSPS) is 15.0. The van der Waals surface area contributed by atoms with E-state index in [0.29, 0.717) is 10.5 Å². The number of aliphatic hydroxyl groups is 1. The number of benzene rings is 3. The fourth-order valence-electron chi connectivity index (χ4n) is 5.06. The summed E-state index contributed by atoms with van der Waals surface area (Å²) in [4.78, 5) is 37.6. The zero-order valence-corrected chi connectivity index (χ0v) is 23.9. The van der Waals surface area contributed by atoms with Crippen LogP contribution in [0.2, 0.25) is 0 Å². The van der Waals surface area contributed by atoms with Gasteiger partial charge in [-0.3, -0.25) is 14.4 Å². The summed E-state index contributed by atoms with van der Waals surface area (Å²) in [5.41, 5.74) is -3.86. The second-order valence-corrected chi connectivity index (χ2v) is 10.5. The van der Waals surface area contributed by atoms with Crippen LogP contribution in [0.3, 0.4) is 0 Å². The third kappa shape index (κ3) is 8.20. The summed E-state index contributed by atoms with van der Waals surface area (Å²) in [6, 6.07) is 11.7. The number of carbonyl (C=O) groups is 3. The highest BCUT2D eigenvalue weighted by Gasteiger charge is 2.42. The minimum atomic E-state index is -5.24. The van der Waals surface area contributed by atoms with E-state index in [4.69, 9.17) is 0 Å². The van der Waals surface area contributed by atoms with Gasteiger partial charge in [0.2, 0.25) is 5.91 Å². The maximum Gasteiger partial charge on any atom is 0.420 e. The summed E-state index contributed by atoms with van der Waals surface area (Å²) in [5, 5.41) is 16.2. The average Bonchev–Trinajstić information content (AvgIpc) is 3.41. The van der Waals surface area contributed by atoms with Gasteiger partial charge in [0.1, 0.15) is 11.3 Å². The van der Waals surface area contributed by atoms with Crippen LogP contribution in [0.5, 0.6) is 5.75 Å². The summed E-state index contributed by atoms with van der Waals surface area (Å²) >= 11 is 0. The number of amides is 2. The summed E-state index contributed by atoms with van der Waals surface area (Å²) in [5.74, 6) is -4.93. The SMILES string of the molecule is O=COc1c(C(F)(F)F)cc(C(=O)NC(Cc2ccccc2)C(O)CNCc2cccc(C(F)(F)F)c2)c(F)c1N1CCCC1=O. The molecule has 46 heavy (non-hydrogen) atoms. The highest BCUT2D eigenvalue weighted by molar-refractivity contribution is 6.01. The van der Waals surface area contributed by atoms with Crippen molar-refractivity contribution in [2.45, 2.75) is 50.3 Å². The summed E-state index contributed by atoms with van der Waals surface area (Å²) < 4.78 is 102. The molecule has 4 rings (SSSR count). The minimum Gasteiger partial charge on any atom is -0.426 e. The first-order valence-electron chi connectivity index (χ1n) is 13.9. The molecule has 3 N–H and O–H groups in total. The molecule has 0 spiro atoms. The zero-order chi connectivity index (χ0) is 33.6. The first-order valence-corrected chi connectivity index (χ1v) is 13.9. The van der Waals surface area contributed by atoms with Crippen molar-refractivity contribution < 1.29 is 55.0 Å². The highest BCUT2D eigenvalue weighted by atomic mass is 19.4. The van der Waals surface area contributed by atoms with E-state index in [0.717, 1.165) is 12.1 Å². The first kappa shape index (κ1) is 34.4. The number of alkyl halides is 6. The Bertz CT molecular complexity index is 1560. The lowest BCUT2D eigenvalue weighted by Gasteiger charge is -2.27. The van der Waals surface area contributed by atoms with Crippen LogP contribution < -0.4 is 20.3 Å². The molecular weight excluding hydrogens is 627 g/mol. The number of aliphatic hydroxyl groups excluding tert-OH is 1. The van der Waals surface area contributed by atoms with Crippen LogP contribution in [-0.2, 0) is 34.9 Å². The van der Waals surface area contributed by atoms with Gasteiger partial charge in [0.25, 0.3) is 12.4 Å². The molecule has 3 aromatic carbocycles. The third-order valence-corrected chi connectivity index (χ3v) is 7.27. The topological polar surface area (TPSA) is 108 Å². The molecule has 15 heteroatoms. The fourth-order valence-corrected chi connectivity index (χ4v) is 5.06. The lowest BCUT2D eigenvalue weighted by atomic mass is 9.99. The van der Waals surface area contributed by atoms with Gasteiger partial charge in [0.15, 0.2) is 11.6 Å². The number of hydrogen-bond donors (Lipinski definition) is 3. The number of nitrogens with one attached hydrogen (secondary N) is 2. The Balaban J connectivity index is 1.64. The van der Waals surface area contributed by atoms with Crippen molar-refractivity contribution in [1.29, 1.82) is 0 Å². The molecule has 1 heterocycles. The molecule has 246 valence electrons. The molecule has 0 aliphatic carbocycles. The Hall–Kier alpha value is -4.50. The van der Waals surface area contributed by atoms with Gasteiger partial charge in [0, 0.05) is 26.1 Å². The fraction of sp³-hybridized carbons (Fsp3) is 0.323. The smallest absolute Gasteiger partial charge is 0.420 e. The lowest BCUT2D eigenvalue weighted by molar-refractivity contribution is -0.140. The van der Waals surface area contributed by atoms with Gasteiger partial charge in [-0.25, -0.2) is 4.39 Å². The predicted molar refractivity (Wildman–Crippen MR) is 150 cm³/mol. The molecule has 8 nitrogen and oxygen atoms in total. The predicted octanol–water partition coefficient (Wildman–Crippen LogP) is 5.02. The van der Waals surface area contributed by atoms with Crippen molar-refractivity contribution in [3.63, 3.8) is 0 Å². The number of nitrogens with zero attached hydrogens (tertiary/aromatic N) is 1. The van der Waals surface area contributed by atoms with Crippen LogP contribution in [0.4, 0.5) is 36.4 Å². The molecule has 1 fully saturated rings. The molecule has 1 aliphatic rings. The Morgan fingerprint density at radius 3 is 2.30 bits per heavy atom. The Morgan fingerprint density at radius 2 is 1.70 bits per heavy atom. The van der Waals surface area contributed by atoms with Crippen LogP contribution in [0.15, 0.2) is 60.7 Å². The zero-order valence-electron chi connectivity index (χ0n) is 23.9. The van der Waals surface area contributed by atoms with Crippen molar-refractivity contribution in [1.82, 2.24) is 10.6 Å². The number of rotatable bonds is 12. The molecule has 0 radical (unpaired) electrons. The molecule has 1 saturated heterocycles. The van der Waals surface area contributed by atoms with Crippen LogP contribution in [0.25, 0.3) is 0 Å². The molecule has 0 aromatic heterocycles. The molecule has 2 atom stereocenters. The first-order chi connectivity index (χ1) is 21.7. The van der Waals surface area contributed by atoms with Gasteiger partial charge in [-0.1, -0.05) is 48.5 Å². The molecule has 2 unspecified atom stereocenters. The molecule has 0 saturated carbocycles. The molecule has 3 aromatic rings. The third-order valence-electron chi connectivity index (χ3n) is 7.27. The Morgan fingerprint density at radius 1 is 1.00 bits per heavy atom. The number of halogens is 7. The molecule has 1 aliphatic heterocycles. The van der Waals surface area contributed by atoms with Crippen LogP contribution in [0, 0.1) is 5.82 Å². The van der Waals surface area contributed by atoms with Crippen molar-refractivity contribution in [3.8, 4) is 5.75 Å². The number of ether oxygens (including phenoxy) is 1. The second-order valence-electron chi connectivity index (χ2n) is 10.5. The maximum absolute atomic E-state index is 15.9. The van der Waals surface area contributed by atoms with E-state index in [-0.39, 0.29) is 57.0 Å². The standard InChI is InChI=1S/C31H28F7N3O5/c32-26-21(14-22(31(36,37)38)28(46-17-42)27(26)41-11-5-10-25(41)44)29(45)40-23(13-18-6-2-1-3-7-18)24(43)16-39-15-19-8-4-9-20(12-19)30(33,34)35/h1-4,6-9,12,14,17,23-24,39,43H,5,10-11,13,15-16H2,(H,40,45). The van der Waals surface area contributed by atoms with Gasteiger partial charge in [-0.2, -0.15) is 26.3 Å². The number of anilines is 1. The van der Waals surface area contributed by atoms with Gasteiger partial charge in [-0.15, -0.1) is 0 Å². The van der Waals surface area contributed by atoms with Crippen LogP contribution >= 0.6 is 0 Å².